The van der Waals surface area contributed by atoms with Crippen molar-refractivity contribution in [3.05, 3.63) is 67.3 Å². The number of pyridine rings is 2. The first-order valence-electron chi connectivity index (χ1n) is 5.83. The van der Waals surface area contributed by atoms with Crippen LogP contribution in [0, 0.1) is 0 Å². The van der Waals surface area contributed by atoms with Crippen molar-refractivity contribution in [2.45, 2.75) is 6.18 Å². The number of anilines is 1. The zero-order valence-corrected chi connectivity index (χ0v) is 11.2. The number of nitrogens with zero attached hydrogens (tertiary/aromatic N) is 3. The molecule has 0 atom stereocenters. The first-order chi connectivity index (χ1) is 10.4. The average molecular weight is 313 g/mol. The van der Waals surface area contributed by atoms with E-state index in [0.717, 1.165) is 24.5 Å². The van der Waals surface area contributed by atoms with Crippen LogP contribution in [0.1, 0.15) is 16.1 Å². The van der Waals surface area contributed by atoms with Crippen LogP contribution in [0.2, 0.25) is 0 Å². The fourth-order valence-corrected chi connectivity index (χ4v) is 1.49. The number of amides is 1. The lowest BCUT2D eigenvalue weighted by Gasteiger charge is -2.16. The molecule has 0 aromatic carbocycles. The average Bonchev–Trinajstić information content (AvgIpc) is 2.55. The summed E-state index contributed by atoms with van der Waals surface area (Å²) in [7, 11) is 0. The van der Waals surface area contributed by atoms with Crippen LogP contribution in [0.25, 0.3) is 0 Å². The van der Waals surface area contributed by atoms with Crippen molar-refractivity contribution in [3.63, 3.8) is 0 Å². The molecule has 0 fully saturated rings. The standard InChI is InChI=1S/C12H7F4N3O.C2H4/c13-12(14,15)10-9(4-2-6-18-10)19(16)11(20)8-3-1-5-17-7-8;1-2/h1-7H;1-2H2. The van der Waals surface area contributed by atoms with Gasteiger partial charge in [0.2, 0.25) is 0 Å². The lowest BCUT2D eigenvalue weighted by molar-refractivity contribution is -0.140. The molecule has 0 aliphatic rings. The summed E-state index contributed by atoms with van der Waals surface area (Å²) in [6.07, 6.45) is -1.59. The Morgan fingerprint density at radius 3 is 2.32 bits per heavy atom. The van der Waals surface area contributed by atoms with Gasteiger partial charge in [0.25, 0.3) is 5.91 Å². The molecule has 22 heavy (non-hydrogen) atoms. The Morgan fingerprint density at radius 1 is 1.14 bits per heavy atom. The van der Waals surface area contributed by atoms with Crippen LogP contribution in [-0.4, -0.2) is 15.9 Å². The number of hydrogen-bond acceptors (Lipinski definition) is 3. The van der Waals surface area contributed by atoms with Gasteiger partial charge in [0.05, 0.1) is 5.56 Å². The van der Waals surface area contributed by atoms with E-state index in [-0.39, 0.29) is 5.56 Å². The Kier molecular flexibility index (Phi) is 5.73. The van der Waals surface area contributed by atoms with Crippen LogP contribution < -0.4 is 5.12 Å². The predicted molar refractivity (Wildman–Crippen MR) is 72.6 cm³/mol. The van der Waals surface area contributed by atoms with E-state index in [9.17, 15) is 22.4 Å². The van der Waals surface area contributed by atoms with Crippen molar-refractivity contribution in [3.8, 4) is 0 Å². The smallest absolute Gasteiger partial charge is 0.266 e. The lowest BCUT2D eigenvalue weighted by Crippen LogP contribution is -2.25. The molecule has 1 amide bonds. The molecule has 2 rings (SSSR count). The van der Waals surface area contributed by atoms with Crippen molar-refractivity contribution in [1.29, 1.82) is 0 Å². The summed E-state index contributed by atoms with van der Waals surface area (Å²) >= 11 is 0. The third-order valence-electron chi connectivity index (χ3n) is 2.35. The predicted octanol–water partition coefficient (Wildman–Crippen LogP) is 3.83. The second-order valence-corrected chi connectivity index (χ2v) is 3.70. The lowest BCUT2D eigenvalue weighted by atomic mass is 10.2. The molecule has 0 saturated heterocycles. The van der Waals surface area contributed by atoms with Gasteiger partial charge in [-0.3, -0.25) is 9.78 Å². The Hall–Kier alpha value is -2.77. The van der Waals surface area contributed by atoms with Crippen molar-refractivity contribution >= 4 is 11.6 Å². The summed E-state index contributed by atoms with van der Waals surface area (Å²) in [5.41, 5.74) is -2.61. The summed E-state index contributed by atoms with van der Waals surface area (Å²) in [6, 6.07) is 4.54. The van der Waals surface area contributed by atoms with Gasteiger partial charge in [-0.05, 0) is 24.3 Å². The molecule has 2 aromatic rings. The van der Waals surface area contributed by atoms with Gasteiger partial charge in [0.1, 0.15) is 5.69 Å². The Balaban J connectivity index is 0.00000116. The Bertz CT molecular complexity index is 631. The van der Waals surface area contributed by atoms with Crippen LogP contribution in [-0.2, 0) is 6.18 Å². The van der Waals surface area contributed by atoms with Gasteiger partial charge in [-0.25, -0.2) is 4.98 Å². The topological polar surface area (TPSA) is 46.1 Å². The molecular weight excluding hydrogens is 302 g/mol. The highest BCUT2D eigenvalue weighted by Crippen LogP contribution is 2.35. The highest BCUT2D eigenvalue weighted by molar-refractivity contribution is 6.04. The summed E-state index contributed by atoms with van der Waals surface area (Å²) in [6.45, 7) is 6.00. The number of halogens is 4. The van der Waals surface area contributed by atoms with E-state index in [1.165, 1.54) is 18.3 Å². The maximum absolute atomic E-state index is 13.9. The molecule has 8 heteroatoms. The minimum atomic E-state index is -4.86. The highest BCUT2D eigenvalue weighted by atomic mass is 19.4. The minimum Gasteiger partial charge on any atom is -0.266 e. The van der Waals surface area contributed by atoms with E-state index in [2.05, 4.69) is 23.1 Å². The van der Waals surface area contributed by atoms with Crippen molar-refractivity contribution in [2.24, 2.45) is 0 Å². The number of carbonyl (C=O) groups excluding carboxylic acids is 1. The zero-order valence-electron chi connectivity index (χ0n) is 11.2. The molecular formula is C14H11F4N3O. The Morgan fingerprint density at radius 2 is 1.77 bits per heavy atom. The maximum atomic E-state index is 13.9. The summed E-state index contributed by atoms with van der Waals surface area (Å²) in [5.74, 6) is -1.25. The number of aromatic nitrogens is 2. The molecule has 0 unspecified atom stereocenters. The van der Waals surface area contributed by atoms with Crippen LogP contribution in [0.5, 0.6) is 0 Å². The third-order valence-corrected chi connectivity index (χ3v) is 2.35. The minimum absolute atomic E-state index is 0.174. The molecule has 0 saturated carbocycles. The monoisotopic (exact) mass is 313 g/mol. The van der Waals surface area contributed by atoms with Gasteiger partial charge in [-0.2, -0.15) is 13.2 Å². The van der Waals surface area contributed by atoms with Gasteiger partial charge in [-0.1, -0.05) is 4.48 Å². The van der Waals surface area contributed by atoms with E-state index in [1.807, 2.05) is 0 Å². The highest BCUT2D eigenvalue weighted by Gasteiger charge is 2.38. The quantitative estimate of drug-likeness (QED) is 0.481. The van der Waals surface area contributed by atoms with Crippen LogP contribution in [0.15, 0.2) is 56.0 Å². The molecule has 2 heterocycles. The first-order valence-corrected chi connectivity index (χ1v) is 5.83. The van der Waals surface area contributed by atoms with E-state index < -0.39 is 28.6 Å². The number of alkyl halides is 3. The molecule has 0 bridgehead atoms. The van der Waals surface area contributed by atoms with E-state index >= 15 is 0 Å². The molecule has 0 spiro atoms. The molecule has 0 aliphatic heterocycles. The number of carbonyl (C=O) groups is 1. The molecule has 0 N–H and O–H groups in total. The molecule has 0 aliphatic carbocycles. The largest absolute Gasteiger partial charge is 0.435 e. The summed E-state index contributed by atoms with van der Waals surface area (Å²) < 4.78 is 52.0. The van der Waals surface area contributed by atoms with Crippen molar-refractivity contribution in [2.75, 3.05) is 5.12 Å². The fourth-order valence-electron chi connectivity index (χ4n) is 1.49. The SMILES string of the molecule is C=C.O=C(c1cccnc1)N(F)c1cccnc1C(F)(F)F. The van der Waals surface area contributed by atoms with E-state index in [1.54, 1.807) is 0 Å². The second kappa shape index (κ2) is 7.30. The van der Waals surface area contributed by atoms with Gasteiger partial charge >= 0.3 is 6.18 Å². The van der Waals surface area contributed by atoms with Gasteiger partial charge in [0, 0.05) is 18.6 Å². The normalized spacial score (nSPS) is 10.4. The summed E-state index contributed by atoms with van der Waals surface area (Å²) in [5, 5.41) is -0.590. The van der Waals surface area contributed by atoms with Crippen LogP contribution in [0.4, 0.5) is 23.3 Å². The molecule has 116 valence electrons. The van der Waals surface area contributed by atoms with Gasteiger partial charge in [-0.15, -0.1) is 18.3 Å². The van der Waals surface area contributed by atoms with E-state index in [4.69, 9.17) is 0 Å². The molecule has 2 aromatic heterocycles. The Labute approximate surface area is 123 Å². The van der Waals surface area contributed by atoms with Crippen LogP contribution >= 0.6 is 0 Å². The van der Waals surface area contributed by atoms with Gasteiger partial charge < -0.3 is 0 Å². The number of rotatable bonds is 2. The molecule has 0 radical (unpaired) electrons. The van der Waals surface area contributed by atoms with Crippen molar-refractivity contribution in [1.82, 2.24) is 9.97 Å². The second-order valence-electron chi connectivity index (χ2n) is 3.70. The zero-order chi connectivity index (χ0) is 16.8. The number of hydrogen-bond donors (Lipinski definition) is 0. The third kappa shape index (κ3) is 3.87. The fraction of sp³-hybridized carbons (Fsp3) is 0.0714. The van der Waals surface area contributed by atoms with Crippen LogP contribution in [0.3, 0.4) is 0 Å². The van der Waals surface area contributed by atoms with Crippen molar-refractivity contribution < 1.29 is 22.4 Å². The summed E-state index contributed by atoms with van der Waals surface area (Å²) in [4.78, 5) is 18.4. The van der Waals surface area contributed by atoms with E-state index in [0.29, 0.717) is 0 Å². The van der Waals surface area contributed by atoms with Gasteiger partial charge in [0.15, 0.2) is 5.69 Å². The first kappa shape index (κ1) is 17.3. The maximum Gasteiger partial charge on any atom is 0.435 e. The molecule has 4 nitrogen and oxygen atoms in total.